The third-order valence-electron chi connectivity index (χ3n) is 2.92. The second-order valence-corrected chi connectivity index (χ2v) is 4.48. The molecule has 0 fully saturated rings. The van der Waals surface area contributed by atoms with Crippen LogP contribution in [0.25, 0.3) is 10.9 Å². The number of aromatic nitrogens is 1. The molecule has 2 aromatic rings. The number of hydrogen-bond acceptors (Lipinski definition) is 1. The summed E-state index contributed by atoms with van der Waals surface area (Å²) in [6.45, 7) is 8.74. The fraction of sp³-hybridized carbons (Fsp3) is 0.357. The summed E-state index contributed by atoms with van der Waals surface area (Å²) in [6.07, 6.45) is 1.99. The maximum atomic E-state index is 4.52. The Morgan fingerprint density at radius 1 is 1.07 bits per heavy atom. The lowest BCUT2D eigenvalue weighted by Gasteiger charge is -2.13. The molecule has 0 aliphatic carbocycles. The highest BCUT2D eigenvalue weighted by Crippen LogP contribution is 2.28. The summed E-state index contributed by atoms with van der Waals surface area (Å²) in [5, 5.41) is 1.31. The first-order valence-corrected chi connectivity index (χ1v) is 5.46. The quantitative estimate of drug-likeness (QED) is 0.677. The van der Waals surface area contributed by atoms with Gasteiger partial charge in [-0.15, -0.1) is 0 Å². The van der Waals surface area contributed by atoms with Gasteiger partial charge >= 0.3 is 0 Å². The lowest BCUT2D eigenvalue weighted by atomic mass is 9.94. The molecule has 1 heterocycles. The van der Waals surface area contributed by atoms with Gasteiger partial charge in [0.2, 0.25) is 0 Å². The summed E-state index contributed by atoms with van der Waals surface area (Å²) < 4.78 is 0. The van der Waals surface area contributed by atoms with E-state index in [0.29, 0.717) is 5.92 Å². The molecule has 1 nitrogen and oxygen atoms in total. The zero-order valence-corrected chi connectivity index (χ0v) is 9.83. The van der Waals surface area contributed by atoms with E-state index in [2.05, 4.69) is 50.9 Å². The maximum absolute atomic E-state index is 4.52. The largest absolute Gasteiger partial charge is 0.256 e. The summed E-state index contributed by atoms with van der Waals surface area (Å²) in [5.74, 6) is 0.553. The van der Waals surface area contributed by atoms with E-state index in [0.717, 1.165) is 5.52 Å². The van der Waals surface area contributed by atoms with E-state index in [4.69, 9.17) is 0 Å². The summed E-state index contributed by atoms with van der Waals surface area (Å²) >= 11 is 0. The normalized spacial score (nSPS) is 11.3. The number of aryl methyl sites for hydroxylation is 2. The summed E-state index contributed by atoms with van der Waals surface area (Å²) in [4.78, 5) is 4.52. The molecule has 15 heavy (non-hydrogen) atoms. The third-order valence-corrected chi connectivity index (χ3v) is 2.92. The van der Waals surface area contributed by atoms with Crippen molar-refractivity contribution in [1.29, 1.82) is 0 Å². The smallest absolute Gasteiger partial charge is 0.0734 e. The molecule has 0 spiro atoms. The van der Waals surface area contributed by atoms with Crippen molar-refractivity contribution in [2.24, 2.45) is 0 Å². The van der Waals surface area contributed by atoms with Crippen LogP contribution in [0.1, 0.15) is 36.5 Å². The molecular weight excluding hydrogens is 182 g/mol. The molecule has 0 radical (unpaired) electrons. The lowest BCUT2D eigenvalue weighted by Crippen LogP contribution is -1.96. The van der Waals surface area contributed by atoms with Crippen LogP contribution in [0.15, 0.2) is 24.4 Å². The second-order valence-electron chi connectivity index (χ2n) is 4.48. The van der Waals surface area contributed by atoms with Crippen LogP contribution in [-0.2, 0) is 0 Å². The third kappa shape index (κ3) is 1.63. The van der Waals surface area contributed by atoms with Gasteiger partial charge in [-0.1, -0.05) is 32.0 Å². The van der Waals surface area contributed by atoms with Crippen LogP contribution in [0.2, 0.25) is 0 Å². The van der Waals surface area contributed by atoms with Gasteiger partial charge in [-0.25, -0.2) is 0 Å². The van der Waals surface area contributed by atoms with Gasteiger partial charge in [-0.2, -0.15) is 0 Å². The topological polar surface area (TPSA) is 12.9 Å². The Morgan fingerprint density at radius 2 is 1.80 bits per heavy atom. The van der Waals surface area contributed by atoms with E-state index >= 15 is 0 Å². The number of para-hydroxylation sites is 1. The van der Waals surface area contributed by atoms with Crippen molar-refractivity contribution in [3.05, 3.63) is 41.1 Å². The average molecular weight is 199 g/mol. The number of nitrogens with zero attached hydrogens (tertiary/aromatic N) is 1. The van der Waals surface area contributed by atoms with Gasteiger partial charge in [0.05, 0.1) is 5.52 Å². The van der Waals surface area contributed by atoms with Gasteiger partial charge in [0.15, 0.2) is 0 Å². The van der Waals surface area contributed by atoms with Gasteiger partial charge in [-0.05, 0) is 36.5 Å². The van der Waals surface area contributed by atoms with Crippen LogP contribution < -0.4 is 0 Å². The van der Waals surface area contributed by atoms with Gasteiger partial charge in [0.1, 0.15) is 0 Å². The van der Waals surface area contributed by atoms with Crippen molar-refractivity contribution in [2.45, 2.75) is 33.6 Å². The van der Waals surface area contributed by atoms with Gasteiger partial charge in [-0.3, -0.25) is 4.98 Å². The molecular formula is C14H17N. The Bertz CT molecular complexity index is 498. The van der Waals surface area contributed by atoms with Crippen LogP contribution in [-0.4, -0.2) is 4.98 Å². The maximum Gasteiger partial charge on any atom is 0.0734 e. The van der Waals surface area contributed by atoms with E-state index < -0.39 is 0 Å². The molecule has 1 aromatic heterocycles. The molecule has 0 amide bonds. The summed E-state index contributed by atoms with van der Waals surface area (Å²) in [7, 11) is 0. The molecule has 1 aromatic carbocycles. The standard InChI is InChI=1S/C14H17N/c1-9(2)13-11(4)8-15-14-10(3)6-5-7-12(13)14/h5-9H,1-4H3. The number of rotatable bonds is 1. The fourth-order valence-corrected chi connectivity index (χ4v) is 2.26. The van der Waals surface area contributed by atoms with Crippen molar-refractivity contribution in [1.82, 2.24) is 4.98 Å². The molecule has 78 valence electrons. The Labute approximate surface area is 91.2 Å². The first-order chi connectivity index (χ1) is 7.11. The molecule has 0 unspecified atom stereocenters. The van der Waals surface area contributed by atoms with E-state index in [1.54, 1.807) is 0 Å². The van der Waals surface area contributed by atoms with Crippen LogP contribution in [0.5, 0.6) is 0 Å². The molecule has 0 aliphatic heterocycles. The Morgan fingerprint density at radius 3 is 2.47 bits per heavy atom. The van der Waals surface area contributed by atoms with Crippen LogP contribution in [0, 0.1) is 13.8 Å². The second kappa shape index (κ2) is 3.65. The molecule has 1 heteroatoms. The number of benzene rings is 1. The van der Waals surface area contributed by atoms with Crippen LogP contribution in [0.4, 0.5) is 0 Å². The zero-order valence-electron chi connectivity index (χ0n) is 9.83. The minimum Gasteiger partial charge on any atom is -0.256 e. The molecule has 0 atom stereocenters. The highest BCUT2D eigenvalue weighted by molar-refractivity contribution is 5.86. The van der Waals surface area contributed by atoms with E-state index in [1.807, 2.05) is 6.20 Å². The fourth-order valence-electron chi connectivity index (χ4n) is 2.26. The first kappa shape index (κ1) is 10.2. The first-order valence-electron chi connectivity index (χ1n) is 5.46. The van der Waals surface area contributed by atoms with Crippen LogP contribution >= 0.6 is 0 Å². The Kier molecular flexibility index (Phi) is 2.47. The minimum absolute atomic E-state index is 0.553. The Hall–Kier alpha value is -1.37. The number of fused-ring (bicyclic) bond motifs is 1. The van der Waals surface area contributed by atoms with Crippen molar-refractivity contribution >= 4 is 10.9 Å². The highest BCUT2D eigenvalue weighted by atomic mass is 14.7. The SMILES string of the molecule is Cc1cnc2c(C)cccc2c1C(C)C. The predicted molar refractivity (Wildman–Crippen MR) is 65.3 cm³/mol. The van der Waals surface area contributed by atoms with Crippen molar-refractivity contribution in [2.75, 3.05) is 0 Å². The van der Waals surface area contributed by atoms with Crippen molar-refractivity contribution in [3.63, 3.8) is 0 Å². The number of pyridine rings is 1. The predicted octanol–water partition coefficient (Wildman–Crippen LogP) is 3.98. The summed E-state index contributed by atoms with van der Waals surface area (Å²) in [5.41, 5.74) is 5.13. The lowest BCUT2D eigenvalue weighted by molar-refractivity contribution is 0.863. The molecule has 0 aliphatic rings. The van der Waals surface area contributed by atoms with Crippen LogP contribution in [0.3, 0.4) is 0 Å². The summed E-state index contributed by atoms with van der Waals surface area (Å²) in [6, 6.07) is 6.41. The minimum atomic E-state index is 0.553. The van der Waals surface area contributed by atoms with Gasteiger partial charge < -0.3 is 0 Å². The van der Waals surface area contributed by atoms with E-state index in [1.165, 1.54) is 22.1 Å². The van der Waals surface area contributed by atoms with Crippen molar-refractivity contribution in [3.8, 4) is 0 Å². The van der Waals surface area contributed by atoms with Crippen molar-refractivity contribution < 1.29 is 0 Å². The average Bonchev–Trinajstić information content (AvgIpc) is 2.17. The van der Waals surface area contributed by atoms with Gasteiger partial charge in [0.25, 0.3) is 0 Å². The number of hydrogen-bond donors (Lipinski definition) is 0. The molecule has 0 bridgehead atoms. The molecule has 0 N–H and O–H groups in total. The van der Waals surface area contributed by atoms with Gasteiger partial charge in [0, 0.05) is 11.6 Å². The monoisotopic (exact) mass is 199 g/mol. The molecule has 0 saturated heterocycles. The van der Waals surface area contributed by atoms with E-state index in [-0.39, 0.29) is 0 Å². The van der Waals surface area contributed by atoms with E-state index in [9.17, 15) is 0 Å². The molecule has 0 saturated carbocycles. The zero-order chi connectivity index (χ0) is 11.0. The highest BCUT2D eigenvalue weighted by Gasteiger charge is 2.09. The molecule has 2 rings (SSSR count). The Balaban J connectivity index is 2.88.